The number of hydrogen-bond donors (Lipinski definition) is 0. The largest absolute Gasteiger partial charge is 0.726 e. The van der Waals surface area contributed by atoms with Gasteiger partial charge in [-0.2, -0.15) is 0 Å². The molecule has 0 amide bonds. The molecule has 0 aliphatic carbocycles. The summed E-state index contributed by atoms with van der Waals surface area (Å²) in [5.41, 5.74) is 6.16. The number of carbonyl (C=O) groups excluding carboxylic acids is 3. The second-order valence-corrected chi connectivity index (χ2v) is 19.1. The predicted octanol–water partition coefficient (Wildman–Crippen LogP) is 8.98. The van der Waals surface area contributed by atoms with Gasteiger partial charge >= 0.3 is 17.9 Å². The number of esters is 3. The number of quaternary nitrogens is 1. The number of hydrogen-bond acceptors (Lipinski definition) is 10. The number of ether oxygens (including phenoxy) is 3. The quantitative estimate of drug-likeness (QED) is 0.0420. The van der Waals surface area contributed by atoms with E-state index in [0.29, 0.717) is 40.8 Å². The van der Waals surface area contributed by atoms with Crippen LogP contribution in [0.4, 0.5) is 0 Å². The molecule has 0 fully saturated rings. The summed E-state index contributed by atoms with van der Waals surface area (Å²) in [6.07, 6.45) is 0. The molecule has 4 aromatic carbocycles. The van der Waals surface area contributed by atoms with Crippen molar-refractivity contribution < 1.29 is 50.2 Å². The van der Waals surface area contributed by atoms with Crippen LogP contribution in [-0.2, 0) is 45.0 Å². The first kappa shape index (κ1) is 51.3. The molecule has 0 N–H and O–H groups in total. The first-order chi connectivity index (χ1) is 27.7. The van der Waals surface area contributed by atoms with Crippen molar-refractivity contribution in [2.24, 2.45) is 0 Å². The van der Waals surface area contributed by atoms with Gasteiger partial charge in [0.25, 0.3) is 0 Å². The third-order valence-electron chi connectivity index (χ3n) is 9.70. The van der Waals surface area contributed by atoms with Crippen LogP contribution in [0.2, 0.25) is 0 Å². The molecule has 0 saturated heterocycles. The Balaban J connectivity index is 0.000000812. The van der Waals surface area contributed by atoms with E-state index in [4.69, 9.17) is 14.2 Å². The third-order valence-corrected chi connectivity index (χ3v) is 10.1. The standard InChI is InChI=1S/C40H54NO6.C7H8.CH4O4S/c1-38(2,3)32-17-11-29(12-18-32)35(42)45-26-23-41(10,24-27-46-36(43)30-13-19-33(20-14-30)39(4,5)6)25-28-47-37(44)31-15-21-34(22-16-31)40(7,8)9;1-7-5-3-2-4-6-7;1-5-6(2,3)4/h11-22H,23-28H2,1-10H3;2-6H,1H3;1H3,(H,2,3,4)/q+1;;/p-1. The second kappa shape index (κ2) is 22.6. The fourth-order valence-corrected chi connectivity index (χ4v) is 5.51. The number of likely N-dealkylation sites (N-methyl/N-ethyl adjacent to an activating group) is 1. The van der Waals surface area contributed by atoms with Gasteiger partial charge in [-0.1, -0.05) is 135 Å². The van der Waals surface area contributed by atoms with E-state index in [2.05, 4.69) is 85.6 Å². The first-order valence-electron chi connectivity index (χ1n) is 19.9. The highest BCUT2D eigenvalue weighted by molar-refractivity contribution is 7.80. The second-order valence-electron chi connectivity index (χ2n) is 17.9. The average molecular weight is 848 g/mol. The van der Waals surface area contributed by atoms with Crippen molar-refractivity contribution in [3.05, 3.63) is 142 Å². The topological polar surface area (TPSA) is 145 Å². The van der Waals surface area contributed by atoms with Crippen molar-refractivity contribution in [3.8, 4) is 0 Å². The van der Waals surface area contributed by atoms with E-state index >= 15 is 0 Å². The Hall–Kier alpha value is -4.88. The van der Waals surface area contributed by atoms with Crippen molar-refractivity contribution in [1.29, 1.82) is 0 Å². The van der Waals surface area contributed by atoms with Crippen molar-refractivity contribution >= 4 is 28.3 Å². The summed E-state index contributed by atoms with van der Waals surface area (Å²) >= 11 is 0. The van der Waals surface area contributed by atoms with Crippen molar-refractivity contribution in [1.82, 2.24) is 0 Å². The Bertz CT molecular complexity index is 1860. The Morgan fingerprint density at radius 1 is 0.517 bits per heavy atom. The van der Waals surface area contributed by atoms with E-state index in [1.54, 1.807) is 36.4 Å². The van der Waals surface area contributed by atoms with E-state index in [-0.39, 0.29) is 36.1 Å². The minimum Gasteiger partial charge on any atom is -0.726 e. The van der Waals surface area contributed by atoms with Crippen LogP contribution >= 0.6 is 0 Å². The molecule has 0 spiro atoms. The molecule has 328 valence electrons. The van der Waals surface area contributed by atoms with Gasteiger partial charge in [0.05, 0.1) is 30.8 Å². The van der Waals surface area contributed by atoms with Crippen LogP contribution in [0.3, 0.4) is 0 Å². The van der Waals surface area contributed by atoms with Gasteiger partial charge in [0.15, 0.2) is 0 Å². The molecule has 0 atom stereocenters. The number of carbonyl (C=O) groups is 3. The third kappa shape index (κ3) is 19.0. The predicted molar refractivity (Wildman–Crippen MR) is 235 cm³/mol. The maximum absolute atomic E-state index is 12.8. The van der Waals surface area contributed by atoms with Crippen LogP contribution in [0.15, 0.2) is 103 Å². The lowest BCUT2D eigenvalue weighted by molar-refractivity contribution is -0.909. The number of rotatable bonds is 13. The van der Waals surface area contributed by atoms with Crippen LogP contribution in [0, 0.1) is 6.92 Å². The van der Waals surface area contributed by atoms with E-state index in [1.165, 1.54) is 5.56 Å². The van der Waals surface area contributed by atoms with E-state index in [9.17, 15) is 27.4 Å². The lowest BCUT2D eigenvalue weighted by Gasteiger charge is -2.34. The SMILES string of the molecule is CC(C)(C)c1ccc(C(=O)OCC[N+](C)(CCOC(=O)c2ccc(C(C)(C)C)cc2)CCOC(=O)c2ccc(C(C)(C)C)cc2)cc1.COS(=O)(=O)[O-].Cc1ccccc1. The molecule has 11 nitrogen and oxygen atoms in total. The number of nitrogens with zero attached hydrogens (tertiary/aromatic N) is 1. The normalized spacial score (nSPS) is 11.9. The van der Waals surface area contributed by atoms with Gasteiger partial charge in [-0.05, 0) is 76.3 Å². The zero-order chi connectivity index (χ0) is 45.4. The highest BCUT2D eigenvalue weighted by atomic mass is 32.3. The lowest BCUT2D eigenvalue weighted by Crippen LogP contribution is -2.51. The zero-order valence-corrected chi connectivity index (χ0v) is 38.3. The molecular weight excluding hydrogens is 783 g/mol. The van der Waals surface area contributed by atoms with Crippen LogP contribution in [0.25, 0.3) is 0 Å². The molecule has 0 heterocycles. The molecular formula is C48H65NO10S. The minimum atomic E-state index is -4.41. The summed E-state index contributed by atoms with van der Waals surface area (Å²) in [6.45, 7) is 23.0. The van der Waals surface area contributed by atoms with Gasteiger partial charge in [0.2, 0.25) is 10.4 Å². The smallest absolute Gasteiger partial charge is 0.338 e. The fraction of sp³-hybridized carbons (Fsp3) is 0.438. The van der Waals surface area contributed by atoms with Gasteiger partial charge in [0, 0.05) is 0 Å². The van der Waals surface area contributed by atoms with Crippen LogP contribution < -0.4 is 0 Å². The zero-order valence-electron chi connectivity index (χ0n) is 37.5. The molecule has 0 aromatic heterocycles. The molecule has 12 heteroatoms. The van der Waals surface area contributed by atoms with E-state index in [1.807, 2.05) is 61.6 Å². The Kier molecular flexibility index (Phi) is 19.3. The molecule has 0 aliphatic rings. The molecule has 4 rings (SSSR count). The summed E-state index contributed by atoms with van der Waals surface area (Å²) in [5.74, 6) is -1.19. The minimum absolute atomic E-state index is 0.0135. The molecule has 0 unspecified atom stereocenters. The fourth-order valence-electron chi connectivity index (χ4n) is 5.51. The van der Waals surface area contributed by atoms with Crippen molar-refractivity contribution in [2.45, 2.75) is 85.5 Å². The molecule has 4 aromatic rings. The summed E-state index contributed by atoms with van der Waals surface area (Å²) in [4.78, 5) is 38.4. The van der Waals surface area contributed by atoms with Crippen molar-refractivity contribution in [3.63, 3.8) is 0 Å². The van der Waals surface area contributed by atoms with Crippen LogP contribution in [-0.4, -0.2) is 89.0 Å². The first-order valence-corrected chi connectivity index (χ1v) is 21.3. The number of aryl methyl sites for hydroxylation is 1. The van der Waals surface area contributed by atoms with Gasteiger partial charge in [-0.3, -0.25) is 4.18 Å². The van der Waals surface area contributed by atoms with Gasteiger partial charge < -0.3 is 23.2 Å². The monoisotopic (exact) mass is 847 g/mol. The van der Waals surface area contributed by atoms with Crippen LogP contribution in [0.1, 0.15) is 116 Å². The maximum Gasteiger partial charge on any atom is 0.338 e. The van der Waals surface area contributed by atoms with Gasteiger partial charge in [-0.15, -0.1) is 0 Å². The molecule has 0 bridgehead atoms. The molecule has 0 radical (unpaired) electrons. The summed E-state index contributed by atoms with van der Waals surface area (Å²) in [6, 6.07) is 32.7. The highest BCUT2D eigenvalue weighted by Gasteiger charge is 2.25. The Morgan fingerprint density at radius 2 is 0.767 bits per heavy atom. The van der Waals surface area contributed by atoms with Crippen LogP contribution in [0.5, 0.6) is 0 Å². The molecule has 0 aliphatic heterocycles. The Labute approximate surface area is 358 Å². The van der Waals surface area contributed by atoms with E-state index < -0.39 is 28.3 Å². The van der Waals surface area contributed by atoms with Crippen molar-refractivity contribution in [2.75, 3.05) is 53.6 Å². The Morgan fingerprint density at radius 3 is 0.950 bits per heavy atom. The average Bonchev–Trinajstić information content (AvgIpc) is 3.17. The summed E-state index contributed by atoms with van der Waals surface area (Å²) in [7, 11) is -1.63. The summed E-state index contributed by atoms with van der Waals surface area (Å²) < 4.78 is 48.3. The number of benzene rings is 4. The van der Waals surface area contributed by atoms with Gasteiger partial charge in [-0.25, -0.2) is 22.8 Å². The maximum atomic E-state index is 12.8. The highest BCUT2D eigenvalue weighted by Crippen LogP contribution is 2.24. The summed E-state index contributed by atoms with van der Waals surface area (Å²) in [5, 5.41) is 0. The van der Waals surface area contributed by atoms with Gasteiger partial charge in [0.1, 0.15) is 39.5 Å². The molecule has 60 heavy (non-hydrogen) atoms. The molecule has 0 saturated carbocycles. The van der Waals surface area contributed by atoms with E-state index in [0.717, 1.165) is 23.8 Å². The lowest BCUT2D eigenvalue weighted by atomic mass is 9.87.